The number of carbonyl (C=O) groups excluding carboxylic acids is 2. The van der Waals surface area contributed by atoms with E-state index in [1.807, 2.05) is 32.3 Å². The van der Waals surface area contributed by atoms with E-state index in [0.29, 0.717) is 22.9 Å². The van der Waals surface area contributed by atoms with Crippen molar-refractivity contribution < 1.29 is 9.59 Å². The summed E-state index contributed by atoms with van der Waals surface area (Å²) >= 11 is 1.35. The Kier molecular flexibility index (Phi) is 7.76. The Hall–Kier alpha value is -2.84. The molecule has 2 atom stereocenters. The van der Waals surface area contributed by atoms with Crippen molar-refractivity contribution in [2.24, 2.45) is 11.3 Å². The summed E-state index contributed by atoms with van der Waals surface area (Å²) < 4.78 is 0. The predicted octanol–water partition coefficient (Wildman–Crippen LogP) is 4.62. The van der Waals surface area contributed by atoms with Crippen molar-refractivity contribution in [1.29, 1.82) is 0 Å². The molecule has 1 aliphatic carbocycles. The third-order valence-electron chi connectivity index (χ3n) is 7.12. The van der Waals surface area contributed by atoms with Gasteiger partial charge in [-0.25, -0.2) is 9.97 Å². The van der Waals surface area contributed by atoms with Crippen molar-refractivity contribution >= 4 is 33.5 Å². The average Bonchev–Trinajstić information content (AvgIpc) is 3.26. The molecule has 2 N–H and O–H groups in total. The van der Waals surface area contributed by atoms with Crippen LogP contribution < -0.4 is 10.6 Å². The molecule has 0 aliphatic heterocycles. The van der Waals surface area contributed by atoms with Crippen molar-refractivity contribution in [2.75, 3.05) is 27.7 Å². The number of pyridine rings is 1. The molecular weight excluding hydrogens is 470 g/mol. The third kappa shape index (κ3) is 5.93. The lowest BCUT2D eigenvalue weighted by molar-refractivity contribution is 0.0932. The minimum atomic E-state index is -0.245. The molecule has 0 fully saturated rings. The van der Waals surface area contributed by atoms with E-state index in [9.17, 15) is 9.59 Å². The van der Waals surface area contributed by atoms with E-state index in [1.54, 1.807) is 13.1 Å². The zero-order valence-corrected chi connectivity index (χ0v) is 23.0. The monoisotopic (exact) mass is 507 g/mol. The van der Waals surface area contributed by atoms with E-state index >= 15 is 0 Å². The highest BCUT2D eigenvalue weighted by atomic mass is 32.1. The molecule has 7 nitrogen and oxygen atoms in total. The summed E-state index contributed by atoms with van der Waals surface area (Å²) in [6, 6.07) is 9.32. The van der Waals surface area contributed by atoms with Crippen LogP contribution >= 0.6 is 11.3 Å². The predicted molar refractivity (Wildman–Crippen MR) is 146 cm³/mol. The van der Waals surface area contributed by atoms with Gasteiger partial charge in [0.25, 0.3) is 11.8 Å². The van der Waals surface area contributed by atoms with Gasteiger partial charge in [-0.05, 0) is 87.0 Å². The van der Waals surface area contributed by atoms with Crippen LogP contribution in [0.25, 0.3) is 10.3 Å². The molecule has 8 heteroatoms. The first-order chi connectivity index (χ1) is 17.0. The van der Waals surface area contributed by atoms with Gasteiger partial charge in [0, 0.05) is 18.3 Å². The molecule has 2 heterocycles. The minimum absolute atomic E-state index is 0.149. The molecule has 192 valence electrons. The molecule has 2 aromatic heterocycles. The fourth-order valence-electron chi connectivity index (χ4n) is 4.82. The Morgan fingerprint density at radius 2 is 1.94 bits per heavy atom. The van der Waals surface area contributed by atoms with Crippen LogP contribution in [0.5, 0.6) is 0 Å². The van der Waals surface area contributed by atoms with Crippen LogP contribution in [-0.4, -0.2) is 54.4 Å². The first-order valence-electron chi connectivity index (χ1n) is 12.6. The molecule has 0 saturated heterocycles. The van der Waals surface area contributed by atoms with Gasteiger partial charge in [0.15, 0.2) is 5.01 Å². The molecule has 0 spiro atoms. The lowest BCUT2D eigenvalue weighted by Crippen LogP contribution is -2.31. The highest BCUT2D eigenvalue weighted by Crippen LogP contribution is 2.38. The van der Waals surface area contributed by atoms with E-state index in [1.165, 1.54) is 16.9 Å². The van der Waals surface area contributed by atoms with E-state index < -0.39 is 0 Å². The normalized spacial score (nSPS) is 16.6. The van der Waals surface area contributed by atoms with E-state index in [4.69, 9.17) is 4.98 Å². The van der Waals surface area contributed by atoms with Crippen molar-refractivity contribution in [3.05, 3.63) is 57.7 Å². The van der Waals surface area contributed by atoms with Gasteiger partial charge in [-0.15, -0.1) is 0 Å². The maximum atomic E-state index is 13.3. The molecule has 4 rings (SSSR count). The highest BCUT2D eigenvalue weighted by molar-refractivity contribution is 7.19. The van der Waals surface area contributed by atoms with Gasteiger partial charge in [-0.2, -0.15) is 0 Å². The van der Waals surface area contributed by atoms with Crippen molar-refractivity contribution in [3.63, 3.8) is 0 Å². The number of nitrogens with zero attached hydrogens (tertiary/aromatic N) is 3. The molecule has 3 aromatic rings. The Morgan fingerprint density at radius 1 is 1.17 bits per heavy atom. The molecule has 0 bridgehead atoms. The maximum Gasteiger partial charge on any atom is 0.280 e. The van der Waals surface area contributed by atoms with E-state index in [0.717, 1.165) is 47.4 Å². The molecule has 36 heavy (non-hydrogen) atoms. The fraction of sp³-hybridized carbons (Fsp3) is 0.500. The summed E-state index contributed by atoms with van der Waals surface area (Å²) in [5, 5.41) is 6.25. The minimum Gasteiger partial charge on any atom is -0.355 e. The van der Waals surface area contributed by atoms with Gasteiger partial charge < -0.3 is 15.5 Å². The van der Waals surface area contributed by atoms with Crippen LogP contribution in [0.15, 0.2) is 30.3 Å². The van der Waals surface area contributed by atoms with Crippen molar-refractivity contribution in [1.82, 2.24) is 25.5 Å². The second-order valence-electron chi connectivity index (χ2n) is 11.1. The number of hydrogen-bond donors (Lipinski definition) is 2. The first-order valence-corrected chi connectivity index (χ1v) is 13.4. The number of carbonyl (C=O) groups is 2. The standard InChI is InChI=1S/C28H37N5O2S/c1-28(2,3)20-10-11-21-19(15-20)16-23-26(31-21)36-27(32-23)25(35)30-22(12-13-33(5)6)17-8-7-9-18(14-17)24(34)29-4/h7-9,14,16,20,22H,10-13,15H2,1-6H3,(H,29,34)(H,30,35)/t20-,22?/m0/s1. The smallest absolute Gasteiger partial charge is 0.280 e. The van der Waals surface area contributed by atoms with Crippen LogP contribution in [0.4, 0.5) is 0 Å². The van der Waals surface area contributed by atoms with Crippen molar-refractivity contribution in [3.8, 4) is 0 Å². The number of fused-ring (bicyclic) bond motifs is 2. The summed E-state index contributed by atoms with van der Waals surface area (Å²) in [5.41, 5.74) is 4.94. The van der Waals surface area contributed by atoms with E-state index in [2.05, 4.69) is 47.4 Å². The summed E-state index contributed by atoms with van der Waals surface area (Å²) in [6.07, 6.45) is 3.83. The number of benzene rings is 1. The van der Waals surface area contributed by atoms with Crippen LogP contribution in [0, 0.1) is 11.3 Å². The van der Waals surface area contributed by atoms with Gasteiger partial charge in [0.1, 0.15) is 10.3 Å². The quantitative estimate of drug-likeness (QED) is 0.487. The molecule has 1 aromatic carbocycles. The van der Waals surface area contributed by atoms with E-state index in [-0.39, 0.29) is 23.3 Å². The number of aryl methyl sites for hydroxylation is 1. The summed E-state index contributed by atoms with van der Waals surface area (Å²) in [6.45, 7) is 7.70. The zero-order chi connectivity index (χ0) is 26.0. The fourth-order valence-corrected chi connectivity index (χ4v) is 5.66. The molecule has 1 unspecified atom stereocenters. The molecule has 1 aliphatic rings. The molecule has 0 saturated carbocycles. The summed E-state index contributed by atoms with van der Waals surface area (Å²) in [4.78, 5) is 38.0. The number of hydrogen-bond acceptors (Lipinski definition) is 6. The van der Waals surface area contributed by atoms with Crippen LogP contribution in [0.1, 0.15) is 76.6 Å². The maximum absolute atomic E-state index is 13.3. The number of rotatable bonds is 7. The number of thiazole rings is 1. The van der Waals surface area contributed by atoms with Crippen LogP contribution in [-0.2, 0) is 12.8 Å². The van der Waals surface area contributed by atoms with Crippen LogP contribution in [0.3, 0.4) is 0 Å². The Balaban J connectivity index is 1.58. The second-order valence-corrected chi connectivity index (χ2v) is 12.0. The topological polar surface area (TPSA) is 87.2 Å². The zero-order valence-electron chi connectivity index (χ0n) is 22.1. The second kappa shape index (κ2) is 10.6. The Morgan fingerprint density at radius 3 is 2.64 bits per heavy atom. The molecule has 2 amide bonds. The first kappa shape index (κ1) is 26.2. The largest absolute Gasteiger partial charge is 0.355 e. The lowest BCUT2D eigenvalue weighted by Gasteiger charge is -2.34. The SMILES string of the molecule is CNC(=O)c1cccc(C(CCN(C)C)NC(=O)c2nc3cc4c(nc3s2)CC[C@H](C(C)(C)C)C4)c1. The Bertz CT molecular complexity index is 1260. The third-order valence-corrected chi connectivity index (χ3v) is 8.08. The van der Waals surface area contributed by atoms with Gasteiger partial charge in [0.2, 0.25) is 0 Å². The van der Waals surface area contributed by atoms with Gasteiger partial charge >= 0.3 is 0 Å². The van der Waals surface area contributed by atoms with Gasteiger partial charge in [-0.3, -0.25) is 9.59 Å². The van der Waals surface area contributed by atoms with Crippen LogP contribution in [0.2, 0.25) is 0 Å². The Labute approximate surface area is 217 Å². The summed E-state index contributed by atoms with van der Waals surface area (Å²) in [5.74, 6) is 0.260. The molecule has 0 radical (unpaired) electrons. The van der Waals surface area contributed by atoms with Crippen molar-refractivity contribution in [2.45, 2.75) is 52.5 Å². The average molecular weight is 508 g/mol. The highest BCUT2D eigenvalue weighted by Gasteiger charge is 2.30. The van der Waals surface area contributed by atoms with Gasteiger partial charge in [-0.1, -0.05) is 44.2 Å². The van der Waals surface area contributed by atoms with Gasteiger partial charge in [0.05, 0.1) is 6.04 Å². The lowest BCUT2D eigenvalue weighted by atomic mass is 9.71. The summed E-state index contributed by atoms with van der Waals surface area (Å²) in [7, 11) is 5.62. The molecular formula is C28H37N5O2S. The number of nitrogens with one attached hydrogen (secondary N) is 2. The number of amides is 2. The number of aromatic nitrogens is 2.